The van der Waals surface area contributed by atoms with E-state index in [1.165, 1.54) is 17.5 Å². The Hall–Kier alpha value is -0.730. The molecule has 1 unspecified atom stereocenters. The van der Waals surface area contributed by atoms with Crippen molar-refractivity contribution in [2.75, 3.05) is 18.0 Å². The second kappa shape index (κ2) is 5.72. The first-order chi connectivity index (χ1) is 8.92. The molecule has 0 bridgehead atoms. The molecule has 0 radical (unpaired) electrons. The van der Waals surface area contributed by atoms with E-state index in [9.17, 15) is 8.42 Å². The molecule has 3 N–H and O–H groups in total. The van der Waals surface area contributed by atoms with Crippen molar-refractivity contribution in [1.82, 2.24) is 14.5 Å². The molecule has 2 rings (SSSR count). The van der Waals surface area contributed by atoms with Gasteiger partial charge in [0.25, 0.3) is 0 Å². The highest BCUT2D eigenvalue weighted by molar-refractivity contribution is 8.00. The molecule has 19 heavy (non-hydrogen) atoms. The Balaban J connectivity index is 2.09. The molecular weight excluding hydrogens is 284 g/mol. The van der Waals surface area contributed by atoms with Crippen LogP contribution in [0.25, 0.3) is 0 Å². The largest absolute Gasteiger partial charge is 0.381 e. The Morgan fingerprint density at radius 1 is 1.53 bits per heavy atom. The maximum Gasteiger partial charge on any atom is 0.246 e. The number of hydrogen-bond acceptors (Lipinski definition) is 5. The second-order valence-corrected chi connectivity index (χ2v) is 7.88. The van der Waals surface area contributed by atoms with Crippen LogP contribution in [-0.2, 0) is 17.1 Å². The SMILES string of the molecule is Cc1c(S(=O)(=O)NCC2CCCCS2)c(N)nn1C. The number of nitrogens with zero attached hydrogens (tertiary/aromatic N) is 2. The molecule has 108 valence electrons. The first-order valence-corrected chi connectivity index (χ1v) is 8.85. The van der Waals surface area contributed by atoms with Gasteiger partial charge in [-0.1, -0.05) is 6.42 Å². The van der Waals surface area contributed by atoms with Crippen molar-refractivity contribution in [1.29, 1.82) is 0 Å². The molecular formula is C11H20N4O2S2. The predicted octanol–water partition coefficient (Wildman–Crippen LogP) is 0.875. The third kappa shape index (κ3) is 3.24. The number of aryl methyl sites for hydroxylation is 1. The fourth-order valence-electron chi connectivity index (χ4n) is 2.19. The molecule has 1 aromatic heterocycles. The summed E-state index contributed by atoms with van der Waals surface area (Å²) in [5, 5.41) is 4.30. The average molecular weight is 304 g/mol. The van der Waals surface area contributed by atoms with Crippen molar-refractivity contribution in [2.45, 2.75) is 36.3 Å². The monoisotopic (exact) mass is 304 g/mol. The number of rotatable bonds is 4. The van der Waals surface area contributed by atoms with Gasteiger partial charge in [-0.05, 0) is 25.5 Å². The summed E-state index contributed by atoms with van der Waals surface area (Å²) in [4.78, 5) is 0.107. The van der Waals surface area contributed by atoms with E-state index in [0.717, 1.165) is 12.2 Å². The second-order valence-electron chi connectivity index (χ2n) is 4.76. The first-order valence-electron chi connectivity index (χ1n) is 6.32. The lowest BCUT2D eigenvalue weighted by molar-refractivity contribution is 0.573. The maximum atomic E-state index is 12.3. The smallest absolute Gasteiger partial charge is 0.246 e. The number of aromatic nitrogens is 2. The van der Waals surface area contributed by atoms with E-state index in [1.54, 1.807) is 14.0 Å². The molecule has 6 nitrogen and oxygen atoms in total. The molecule has 0 spiro atoms. The molecule has 2 heterocycles. The van der Waals surface area contributed by atoms with Gasteiger partial charge >= 0.3 is 0 Å². The van der Waals surface area contributed by atoms with Crippen molar-refractivity contribution >= 4 is 27.6 Å². The average Bonchev–Trinajstić information content (AvgIpc) is 2.63. The molecule has 1 aliphatic heterocycles. The molecule has 1 saturated heterocycles. The molecule has 0 amide bonds. The molecule has 8 heteroatoms. The van der Waals surface area contributed by atoms with Crippen LogP contribution in [0.2, 0.25) is 0 Å². The van der Waals surface area contributed by atoms with E-state index < -0.39 is 10.0 Å². The van der Waals surface area contributed by atoms with Crippen molar-refractivity contribution in [3.63, 3.8) is 0 Å². The highest BCUT2D eigenvalue weighted by atomic mass is 32.2. The quantitative estimate of drug-likeness (QED) is 0.861. The topological polar surface area (TPSA) is 90.0 Å². The lowest BCUT2D eigenvalue weighted by atomic mass is 10.2. The number of nitrogens with two attached hydrogens (primary N) is 1. The van der Waals surface area contributed by atoms with E-state index in [0.29, 0.717) is 17.5 Å². The van der Waals surface area contributed by atoms with Gasteiger partial charge < -0.3 is 5.73 Å². The van der Waals surface area contributed by atoms with Crippen LogP contribution in [0.3, 0.4) is 0 Å². The van der Waals surface area contributed by atoms with E-state index in [2.05, 4.69) is 9.82 Å². The zero-order chi connectivity index (χ0) is 14.0. The van der Waals surface area contributed by atoms with Crippen molar-refractivity contribution in [2.24, 2.45) is 7.05 Å². The Morgan fingerprint density at radius 3 is 2.79 bits per heavy atom. The Labute approximate surface area is 118 Å². The van der Waals surface area contributed by atoms with E-state index in [4.69, 9.17) is 5.73 Å². The lowest BCUT2D eigenvalue weighted by Crippen LogP contribution is -2.32. The highest BCUT2D eigenvalue weighted by Gasteiger charge is 2.25. The Kier molecular flexibility index (Phi) is 4.42. The zero-order valence-corrected chi connectivity index (χ0v) is 12.9. The van der Waals surface area contributed by atoms with Gasteiger partial charge in [-0.25, -0.2) is 13.1 Å². The maximum absolute atomic E-state index is 12.3. The summed E-state index contributed by atoms with van der Waals surface area (Å²) in [6.45, 7) is 2.16. The minimum Gasteiger partial charge on any atom is -0.381 e. The van der Waals surface area contributed by atoms with Crippen LogP contribution >= 0.6 is 11.8 Å². The fraction of sp³-hybridized carbons (Fsp3) is 0.727. The first kappa shape index (κ1) is 14.7. The summed E-state index contributed by atoms with van der Waals surface area (Å²) < 4.78 is 28.7. The van der Waals surface area contributed by atoms with Crippen molar-refractivity contribution < 1.29 is 8.42 Å². The minimum absolute atomic E-state index is 0.0591. The van der Waals surface area contributed by atoms with E-state index >= 15 is 0 Å². The van der Waals surface area contributed by atoms with Crippen LogP contribution in [0.1, 0.15) is 25.0 Å². The van der Waals surface area contributed by atoms with Crippen molar-refractivity contribution in [3.05, 3.63) is 5.69 Å². The summed E-state index contributed by atoms with van der Waals surface area (Å²) in [5.74, 6) is 1.17. The van der Waals surface area contributed by atoms with Crippen LogP contribution in [0.5, 0.6) is 0 Å². The molecule has 1 atom stereocenters. The summed E-state index contributed by atoms with van der Waals surface area (Å²) in [6, 6.07) is 0. The van der Waals surface area contributed by atoms with Gasteiger partial charge in [0.15, 0.2) is 5.82 Å². The van der Waals surface area contributed by atoms with Gasteiger partial charge in [0.05, 0.1) is 5.69 Å². The standard InChI is InChI=1S/C11H20N4O2S2/c1-8-10(11(12)14-15(8)2)19(16,17)13-7-9-5-3-4-6-18-9/h9,13H,3-7H2,1-2H3,(H2,12,14). The third-order valence-electron chi connectivity index (χ3n) is 3.35. The van der Waals surface area contributed by atoms with Gasteiger partial charge in [0, 0.05) is 18.8 Å². The summed E-state index contributed by atoms with van der Waals surface area (Å²) in [7, 11) is -1.89. The zero-order valence-electron chi connectivity index (χ0n) is 11.2. The van der Waals surface area contributed by atoms with E-state index in [-0.39, 0.29) is 10.7 Å². The number of nitrogens with one attached hydrogen (secondary N) is 1. The highest BCUT2D eigenvalue weighted by Crippen LogP contribution is 2.26. The van der Waals surface area contributed by atoms with Crippen LogP contribution in [0.15, 0.2) is 4.90 Å². The molecule has 0 aliphatic carbocycles. The molecule has 1 aromatic rings. The minimum atomic E-state index is -3.57. The van der Waals surface area contributed by atoms with Crippen LogP contribution in [0.4, 0.5) is 5.82 Å². The summed E-state index contributed by atoms with van der Waals surface area (Å²) in [5.41, 5.74) is 6.24. The predicted molar refractivity (Wildman–Crippen MR) is 77.6 cm³/mol. The van der Waals surface area contributed by atoms with Gasteiger partial charge in [-0.15, -0.1) is 0 Å². The van der Waals surface area contributed by atoms with Crippen LogP contribution in [0, 0.1) is 6.92 Å². The van der Waals surface area contributed by atoms with Crippen molar-refractivity contribution in [3.8, 4) is 0 Å². The number of hydrogen-bond donors (Lipinski definition) is 2. The summed E-state index contributed by atoms with van der Waals surface area (Å²) >= 11 is 1.83. The molecule has 0 aromatic carbocycles. The normalized spacial score (nSPS) is 20.6. The molecule has 0 saturated carbocycles. The van der Waals surface area contributed by atoms with Gasteiger partial charge in [-0.2, -0.15) is 16.9 Å². The number of nitrogen functional groups attached to an aromatic ring is 1. The number of thioether (sulfide) groups is 1. The molecule has 1 aliphatic rings. The van der Waals surface area contributed by atoms with Crippen LogP contribution in [-0.4, -0.2) is 35.7 Å². The van der Waals surface area contributed by atoms with Crippen LogP contribution < -0.4 is 10.5 Å². The lowest BCUT2D eigenvalue weighted by Gasteiger charge is -2.21. The number of sulfonamides is 1. The van der Waals surface area contributed by atoms with Gasteiger partial charge in [-0.3, -0.25) is 4.68 Å². The number of anilines is 1. The Morgan fingerprint density at radius 2 is 2.26 bits per heavy atom. The Bertz CT molecular complexity index is 547. The molecule has 1 fully saturated rings. The summed E-state index contributed by atoms with van der Waals surface area (Å²) in [6.07, 6.45) is 3.46. The van der Waals surface area contributed by atoms with Gasteiger partial charge in [0.2, 0.25) is 10.0 Å². The fourth-order valence-corrected chi connectivity index (χ4v) is 4.94. The van der Waals surface area contributed by atoms with Gasteiger partial charge in [0.1, 0.15) is 4.90 Å². The third-order valence-corrected chi connectivity index (χ3v) is 6.33. The van der Waals surface area contributed by atoms with E-state index in [1.807, 2.05) is 11.8 Å².